The van der Waals surface area contributed by atoms with Crippen molar-refractivity contribution >= 4 is 5.91 Å². The number of methoxy groups -OCH3 is 1. The summed E-state index contributed by atoms with van der Waals surface area (Å²) < 4.78 is 7.18. The van der Waals surface area contributed by atoms with Gasteiger partial charge in [0.2, 0.25) is 0 Å². The van der Waals surface area contributed by atoms with E-state index >= 15 is 0 Å². The fourth-order valence-corrected chi connectivity index (χ4v) is 4.49. The van der Waals surface area contributed by atoms with Crippen LogP contribution in [0.3, 0.4) is 0 Å². The highest BCUT2D eigenvalue weighted by Gasteiger charge is 2.24. The molecule has 0 saturated carbocycles. The highest BCUT2D eigenvalue weighted by molar-refractivity contribution is 5.95. The lowest BCUT2D eigenvalue weighted by molar-refractivity contribution is 0.0923. The molecule has 0 bridgehead atoms. The number of carbonyl (C=O) groups excluding carboxylic acids is 1. The third kappa shape index (κ3) is 4.86. The molecule has 1 N–H and O–H groups in total. The van der Waals surface area contributed by atoms with Gasteiger partial charge in [-0.15, -0.1) is 0 Å². The van der Waals surface area contributed by atoms with Gasteiger partial charge >= 0.3 is 0 Å². The fraction of sp³-hybridized carbons (Fsp3) is 0.385. The molecule has 1 aliphatic rings. The number of amides is 1. The lowest BCUT2D eigenvalue weighted by Crippen LogP contribution is -2.40. The predicted octanol–water partition coefficient (Wildman–Crippen LogP) is 4.40. The van der Waals surface area contributed by atoms with E-state index in [4.69, 9.17) is 4.74 Å². The molecule has 2 heterocycles. The Bertz CT molecular complexity index is 1010. The number of nitrogens with one attached hydrogen (secondary N) is 1. The van der Waals surface area contributed by atoms with Crippen LogP contribution in [0.25, 0.3) is 5.69 Å². The smallest absolute Gasteiger partial charge is 0.254 e. The van der Waals surface area contributed by atoms with Crippen molar-refractivity contribution in [3.8, 4) is 11.4 Å². The summed E-state index contributed by atoms with van der Waals surface area (Å²) in [6.45, 7) is 4.73. The first-order valence-corrected chi connectivity index (χ1v) is 11.5. The summed E-state index contributed by atoms with van der Waals surface area (Å²) in [5.74, 6) is 0.774. The molecule has 1 fully saturated rings. The second-order valence-corrected chi connectivity index (χ2v) is 8.20. The molecular formula is C26H32N4O2. The van der Waals surface area contributed by atoms with Crippen molar-refractivity contribution < 1.29 is 9.53 Å². The zero-order valence-electron chi connectivity index (χ0n) is 19.0. The molecule has 6 nitrogen and oxygen atoms in total. The lowest BCUT2D eigenvalue weighted by atomic mass is 10.0. The normalized spacial score (nSPS) is 15.3. The molecule has 1 saturated heterocycles. The van der Waals surface area contributed by atoms with Gasteiger partial charge in [-0.25, -0.2) is 4.68 Å². The Morgan fingerprint density at radius 2 is 1.78 bits per heavy atom. The summed E-state index contributed by atoms with van der Waals surface area (Å²) in [7, 11) is 1.68. The van der Waals surface area contributed by atoms with E-state index in [9.17, 15) is 4.79 Å². The van der Waals surface area contributed by atoms with Crippen LogP contribution in [0.5, 0.6) is 5.75 Å². The molecule has 1 amide bonds. The summed E-state index contributed by atoms with van der Waals surface area (Å²) in [5.41, 5.74) is 3.73. The van der Waals surface area contributed by atoms with Gasteiger partial charge in [0, 0.05) is 6.54 Å². The minimum Gasteiger partial charge on any atom is -0.497 e. The number of hydrogen-bond donors (Lipinski definition) is 1. The van der Waals surface area contributed by atoms with Gasteiger partial charge in [0.1, 0.15) is 5.75 Å². The summed E-state index contributed by atoms with van der Waals surface area (Å²) >= 11 is 0. The molecule has 3 aromatic rings. The van der Waals surface area contributed by atoms with Crippen molar-refractivity contribution in [2.75, 3.05) is 26.7 Å². The number of rotatable bonds is 8. The number of carbonyl (C=O) groups is 1. The van der Waals surface area contributed by atoms with Gasteiger partial charge in [0.25, 0.3) is 5.91 Å². The maximum atomic E-state index is 13.2. The molecule has 0 aliphatic carbocycles. The molecule has 1 atom stereocenters. The fourth-order valence-electron chi connectivity index (χ4n) is 4.49. The van der Waals surface area contributed by atoms with E-state index in [1.54, 1.807) is 13.3 Å². The Hall–Kier alpha value is -3.12. The van der Waals surface area contributed by atoms with E-state index in [1.807, 2.05) is 47.1 Å². The highest BCUT2D eigenvalue weighted by Crippen LogP contribution is 2.26. The zero-order valence-corrected chi connectivity index (χ0v) is 19.0. The maximum absolute atomic E-state index is 13.2. The number of benzene rings is 2. The Balaban J connectivity index is 1.52. The lowest BCUT2D eigenvalue weighted by Gasteiger charge is -2.35. The standard InChI is InChI=1S/C26H32N4O2/c1-3-24-23(18-28-30(24)21-10-6-4-7-11-21)26(31)27-19-25(29-16-8-5-9-17-29)20-12-14-22(32-2)15-13-20/h4,6-7,10-15,18,25H,3,5,8-9,16-17,19H2,1-2H3,(H,27,31). The molecular weight excluding hydrogens is 400 g/mol. The van der Waals surface area contributed by atoms with Crippen LogP contribution >= 0.6 is 0 Å². The Labute approximate surface area is 190 Å². The summed E-state index contributed by atoms with van der Waals surface area (Å²) in [6, 6.07) is 18.3. The predicted molar refractivity (Wildman–Crippen MR) is 126 cm³/mol. The highest BCUT2D eigenvalue weighted by atomic mass is 16.5. The zero-order chi connectivity index (χ0) is 22.3. The first-order valence-electron chi connectivity index (χ1n) is 11.5. The van der Waals surface area contributed by atoms with Crippen molar-refractivity contribution in [2.45, 2.75) is 38.6 Å². The number of aromatic nitrogens is 2. The first-order chi connectivity index (χ1) is 15.7. The minimum absolute atomic E-state index is 0.0699. The van der Waals surface area contributed by atoms with Crippen molar-refractivity contribution in [3.05, 3.63) is 77.6 Å². The number of piperidine rings is 1. The SMILES string of the molecule is CCc1c(C(=O)NCC(c2ccc(OC)cc2)N2CCCCC2)cnn1-c1ccccc1. The number of hydrogen-bond acceptors (Lipinski definition) is 4. The monoisotopic (exact) mass is 432 g/mol. The van der Waals surface area contributed by atoms with Crippen LogP contribution in [0.4, 0.5) is 0 Å². The van der Waals surface area contributed by atoms with Crippen molar-refractivity contribution in [1.82, 2.24) is 20.0 Å². The topological polar surface area (TPSA) is 59.4 Å². The third-order valence-electron chi connectivity index (χ3n) is 6.24. The van der Waals surface area contributed by atoms with Crippen molar-refractivity contribution in [3.63, 3.8) is 0 Å². The molecule has 1 unspecified atom stereocenters. The number of nitrogens with zero attached hydrogens (tertiary/aromatic N) is 3. The number of para-hydroxylation sites is 1. The molecule has 1 aromatic heterocycles. The third-order valence-corrected chi connectivity index (χ3v) is 6.24. The molecule has 168 valence electrons. The molecule has 4 rings (SSSR count). The van der Waals surface area contributed by atoms with Gasteiger partial charge in [-0.2, -0.15) is 5.10 Å². The second-order valence-electron chi connectivity index (χ2n) is 8.20. The average Bonchev–Trinajstić information content (AvgIpc) is 3.30. The Morgan fingerprint density at radius 3 is 2.44 bits per heavy atom. The Morgan fingerprint density at radius 1 is 1.06 bits per heavy atom. The van der Waals surface area contributed by atoms with E-state index in [2.05, 4.69) is 34.4 Å². The van der Waals surface area contributed by atoms with Gasteiger partial charge in [-0.05, 0) is 62.2 Å². The van der Waals surface area contributed by atoms with E-state index in [0.717, 1.165) is 36.6 Å². The van der Waals surface area contributed by atoms with Gasteiger partial charge in [0.05, 0.1) is 36.3 Å². The molecule has 1 aliphatic heterocycles. The van der Waals surface area contributed by atoms with E-state index in [1.165, 1.54) is 24.8 Å². The van der Waals surface area contributed by atoms with Crippen LogP contribution in [-0.4, -0.2) is 47.3 Å². The number of ether oxygens (including phenoxy) is 1. The maximum Gasteiger partial charge on any atom is 0.254 e. The van der Waals surface area contributed by atoms with Crippen LogP contribution in [0, 0.1) is 0 Å². The van der Waals surface area contributed by atoms with Gasteiger partial charge < -0.3 is 10.1 Å². The van der Waals surface area contributed by atoms with Crippen LogP contribution in [-0.2, 0) is 6.42 Å². The molecule has 32 heavy (non-hydrogen) atoms. The van der Waals surface area contributed by atoms with Crippen LogP contribution < -0.4 is 10.1 Å². The quantitative estimate of drug-likeness (QED) is 0.573. The van der Waals surface area contributed by atoms with Crippen LogP contribution in [0.2, 0.25) is 0 Å². The molecule has 0 spiro atoms. The molecule has 6 heteroatoms. The Kier molecular flexibility index (Phi) is 7.22. The van der Waals surface area contributed by atoms with Crippen LogP contribution in [0.15, 0.2) is 60.8 Å². The van der Waals surface area contributed by atoms with Crippen LogP contribution in [0.1, 0.15) is 53.8 Å². The van der Waals surface area contributed by atoms with Gasteiger partial charge in [0.15, 0.2) is 0 Å². The summed E-state index contributed by atoms with van der Waals surface area (Å²) in [6.07, 6.45) is 6.09. The van der Waals surface area contributed by atoms with E-state index in [0.29, 0.717) is 12.1 Å². The second kappa shape index (κ2) is 10.5. The van der Waals surface area contributed by atoms with Crippen molar-refractivity contribution in [2.24, 2.45) is 0 Å². The van der Waals surface area contributed by atoms with E-state index in [-0.39, 0.29) is 11.9 Å². The minimum atomic E-state index is -0.0699. The largest absolute Gasteiger partial charge is 0.497 e. The first kappa shape index (κ1) is 22.1. The molecule has 0 radical (unpaired) electrons. The van der Waals surface area contributed by atoms with Gasteiger partial charge in [-0.3, -0.25) is 9.69 Å². The number of likely N-dealkylation sites (tertiary alicyclic amines) is 1. The average molecular weight is 433 g/mol. The van der Waals surface area contributed by atoms with E-state index < -0.39 is 0 Å². The van der Waals surface area contributed by atoms with Gasteiger partial charge in [-0.1, -0.05) is 43.7 Å². The van der Waals surface area contributed by atoms with Crippen molar-refractivity contribution in [1.29, 1.82) is 0 Å². The summed E-state index contributed by atoms with van der Waals surface area (Å²) in [5, 5.41) is 7.70. The summed E-state index contributed by atoms with van der Waals surface area (Å²) in [4.78, 5) is 15.7. The molecule has 2 aromatic carbocycles.